The first-order valence-corrected chi connectivity index (χ1v) is 6.64. The van der Waals surface area contributed by atoms with Gasteiger partial charge in [-0.15, -0.1) is 0 Å². The second-order valence-corrected chi connectivity index (χ2v) is 4.67. The van der Waals surface area contributed by atoms with Crippen LogP contribution in [0.15, 0.2) is 18.2 Å². The van der Waals surface area contributed by atoms with Gasteiger partial charge in [-0.25, -0.2) is 9.59 Å². The van der Waals surface area contributed by atoms with E-state index >= 15 is 0 Å². The topological polar surface area (TPSA) is 102 Å². The monoisotopic (exact) mass is 393 g/mol. The summed E-state index contributed by atoms with van der Waals surface area (Å²) in [7, 11) is 0. The first kappa shape index (κ1) is 16.2. The van der Waals surface area contributed by atoms with Gasteiger partial charge in [-0.05, 0) is 47.7 Å². The van der Waals surface area contributed by atoms with Crippen LogP contribution in [-0.2, 0) is 9.53 Å². The molecule has 0 bridgehead atoms. The number of benzene rings is 1. The SMILES string of the molecule is CCOC(=O)NC(=O)COc1cc(C(=O)O)ccc1I. The number of nitrogens with one attached hydrogen (secondary N) is 1. The van der Waals surface area contributed by atoms with Gasteiger partial charge >= 0.3 is 12.1 Å². The van der Waals surface area contributed by atoms with E-state index in [-0.39, 0.29) is 17.9 Å². The summed E-state index contributed by atoms with van der Waals surface area (Å²) in [5, 5.41) is 10.8. The van der Waals surface area contributed by atoms with Crippen LogP contribution in [0.3, 0.4) is 0 Å². The number of aromatic carboxylic acids is 1. The maximum Gasteiger partial charge on any atom is 0.413 e. The third kappa shape index (κ3) is 5.03. The van der Waals surface area contributed by atoms with Crippen molar-refractivity contribution >= 4 is 40.6 Å². The molecule has 0 saturated carbocycles. The Morgan fingerprint density at radius 3 is 2.65 bits per heavy atom. The average Bonchev–Trinajstić information content (AvgIpc) is 2.37. The predicted molar refractivity (Wildman–Crippen MR) is 76.8 cm³/mol. The molecule has 0 fully saturated rings. The minimum Gasteiger partial charge on any atom is -0.483 e. The lowest BCUT2D eigenvalue weighted by atomic mass is 10.2. The molecule has 0 radical (unpaired) electrons. The van der Waals surface area contributed by atoms with Crippen LogP contribution in [0.2, 0.25) is 0 Å². The molecular formula is C12H12INO6. The van der Waals surface area contributed by atoms with E-state index in [1.807, 2.05) is 27.9 Å². The number of hydrogen-bond acceptors (Lipinski definition) is 5. The Bertz CT molecular complexity index is 531. The first-order valence-electron chi connectivity index (χ1n) is 5.56. The highest BCUT2D eigenvalue weighted by Crippen LogP contribution is 2.22. The molecule has 0 aliphatic heterocycles. The highest BCUT2D eigenvalue weighted by atomic mass is 127. The van der Waals surface area contributed by atoms with Gasteiger partial charge in [0.05, 0.1) is 15.7 Å². The highest BCUT2D eigenvalue weighted by molar-refractivity contribution is 14.1. The normalized spacial score (nSPS) is 9.70. The zero-order valence-electron chi connectivity index (χ0n) is 10.5. The van der Waals surface area contributed by atoms with Crippen LogP contribution in [0.5, 0.6) is 5.75 Å². The van der Waals surface area contributed by atoms with E-state index in [2.05, 4.69) is 4.74 Å². The molecule has 0 aliphatic rings. The molecule has 0 atom stereocenters. The van der Waals surface area contributed by atoms with E-state index in [9.17, 15) is 14.4 Å². The molecule has 0 heterocycles. The van der Waals surface area contributed by atoms with E-state index in [4.69, 9.17) is 9.84 Å². The zero-order valence-corrected chi connectivity index (χ0v) is 12.7. The Labute approximate surface area is 128 Å². The Kier molecular flexibility index (Phi) is 6.22. The third-order valence-electron chi connectivity index (χ3n) is 2.05. The van der Waals surface area contributed by atoms with Crippen molar-refractivity contribution < 1.29 is 29.0 Å². The molecular weight excluding hydrogens is 381 g/mol. The lowest BCUT2D eigenvalue weighted by Gasteiger charge is -2.09. The number of carboxylic acid groups (broad SMARTS) is 1. The largest absolute Gasteiger partial charge is 0.483 e. The zero-order chi connectivity index (χ0) is 15.1. The highest BCUT2D eigenvalue weighted by Gasteiger charge is 2.12. The molecule has 0 spiro atoms. The summed E-state index contributed by atoms with van der Waals surface area (Å²) in [6.45, 7) is 1.34. The number of alkyl carbamates (subject to hydrolysis) is 1. The molecule has 2 amide bonds. The van der Waals surface area contributed by atoms with Gasteiger partial charge < -0.3 is 14.6 Å². The quantitative estimate of drug-likeness (QED) is 0.738. The summed E-state index contributed by atoms with van der Waals surface area (Å²) in [6.07, 6.45) is -0.852. The van der Waals surface area contributed by atoms with Gasteiger partial charge in [-0.1, -0.05) is 0 Å². The van der Waals surface area contributed by atoms with Crippen molar-refractivity contribution in [2.75, 3.05) is 13.2 Å². The van der Waals surface area contributed by atoms with Crippen LogP contribution in [0.1, 0.15) is 17.3 Å². The number of halogens is 1. The summed E-state index contributed by atoms with van der Waals surface area (Å²) in [4.78, 5) is 33.2. The number of imide groups is 1. The Balaban J connectivity index is 2.61. The van der Waals surface area contributed by atoms with E-state index in [0.717, 1.165) is 0 Å². The molecule has 20 heavy (non-hydrogen) atoms. The van der Waals surface area contributed by atoms with Crippen molar-refractivity contribution in [2.24, 2.45) is 0 Å². The van der Waals surface area contributed by atoms with Gasteiger partial charge in [0.1, 0.15) is 5.75 Å². The first-order chi connectivity index (χ1) is 9.43. The molecule has 0 saturated heterocycles. The van der Waals surface area contributed by atoms with Crippen LogP contribution in [0, 0.1) is 3.57 Å². The van der Waals surface area contributed by atoms with Crippen LogP contribution >= 0.6 is 22.6 Å². The number of amides is 2. The number of carbonyl (C=O) groups is 3. The Morgan fingerprint density at radius 2 is 2.05 bits per heavy atom. The molecule has 7 nitrogen and oxygen atoms in total. The fourth-order valence-electron chi connectivity index (χ4n) is 1.21. The second kappa shape index (κ2) is 7.68. The van der Waals surface area contributed by atoms with Crippen LogP contribution in [0.4, 0.5) is 4.79 Å². The second-order valence-electron chi connectivity index (χ2n) is 3.51. The molecule has 1 rings (SSSR count). The maximum absolute atomic E-state index is 11.4. The number of carboxylic acids is 1. The van der Waals surface area contributed by atoms with Gasteiger partial charge in [0.25, 0.3) is 5.91 Å². The molecule has 0 aliphatic carbocycles. The van der Waals surface area contributed by atoms with Gasteiger partial charge in [-0.3, -0.25) is 10.1 Å². The predicted octanol–water partition coefficient (Wildman–Crippen LogP) is 1.64. The molecule has 0 unspecified atom stereocenters. The van der Waals surface area contributed by atoms with Gasteiger partial charge in [0, 0.05) is 0 Å². The van der Waals surface area contributed by atoms with Crippen molar-refractivity contribution in [3.05, 3.63) is 27.3 Å². The molecule has 2 N–H and O–H groups in total. The Hall–Kier alpha value is -1.84. The number of hydrogen-bond donors (Lipinski definition) is 2. The van der Waals surface area contributed by atoms with Gasteiger partial charge in [-0.2, -0.15) is 0 Å². The standard InChI is InChI=1S/C12H12INO6/c1-2-19-12(18)14-10(15)6-20-9-5-7(11(16)17)3-4-8(9)13/h3-5H,2,6H2,1H3,(H,16,17)(H,14,15,18). The fourth-order valence-corrected chi connectivity index (χ4v) is 1.70. The Morgan fingerprint density at radius 1 is 1.35 bits per heavy atom. The van der Waals surface area contributed by atoms with Crippen molar-refractivity contribution in [1.82, 2.24) is 5.32 Å². The van der Waals surface area contributed by atoms with E-state index < -0.39 is 24.6 Å². The van der Waals surface area contributed by atoms with Crippen LogP contribution in [-0.4, -0.2) is 36.3 Å². The van der Waals surface area contributed by atoms with Crippen molar-refractivity contribution in [3.63, 3.8) is 0 Å². The summed E-state index contributed by atoms with van der Waals surface area (Å²) >= 11 is 1.94. The van der Waals surface area contributed by atoms with Gasteiger partial charge in [0.2, 0.25) is 0 Å². The summed E-state index contributed by atoms with van der Waals surface area (Å²) in [5.41, 5.74) is 0.0474. The molecule has 1 aromatic carbocycles. The van der Waals surface area contributed by atoms with Crippen molar-refractivity contribution in [2.45, 2.75) is 6.92 Å². The summed E-state index contributed by atoms with van der Waals surface area (Å²) < 4.78 is 10.4. The summed E-state index contributed by atoms with van der Waals surface area (Å²) in [5.74, 6) is -1.52. The minimum atomic E-state index is -1.10. The van der Waals surface area contributed by atoms with Crippen LogP contribution in [0.25, 0.3) is 0 Å². The molecule has 8 heteroatoms. The van der Waals surface area contributed by atoms with E-state index in [1.54, 1.807) is 13.0 Å². The lowest BCUT2D eigenvalue weighted by molar-refractivity contribution is -0.122. The van der Waals surface area contributed by atoms with Crippen LogP contribution < -0.4 is 10.1 Å². The smallest absolute Gasteiger partial charge is 0.413 e. The minimum absolute atomic E-state index is 0.0474. The number of rotatable bonds is 5. The van der Waals surface area contributed by atoms with E-state index in [0.29, 0.717) is 3.57 Å². The van der Waals surface area contributed by atoms with Crippen molar-refractivity contribution in [1.29, 1.82) is 0 Å². The molecule has 1 aromatic rings. The van der Waals surface area contributed by atoms with Gasteiger partial charge in [0.15, 0.2) is 6.61 Å². The maximum atomic E-state index is 11.4. The number of ether oxygens (including phenoxy) is 2. The third-order valence-corrected chi connectivity index (χ3v) is 2.95. The van der Waals surface area contributed by atoms with E-state index in [1.165, 1.54) is 12.1 Å². The van der Waals surface area contributed by atoms with Crippen molar-refractivity contribution in [3.8, 4) is 5.75 Å². The fraction of sp³-hybridized carbons (Fsp3) is 0.250. The number of carbonyl (C=O) groups excluding carboxylic acids is 2. The summed E-state index contributed by atoms with van der Waals surface area (Å²) in [6, 6.07) is 4.29. The average molecular weight is 393 g/mol. The lowest BCUT2D eigenvalue weighted by Crippen LogP contribution is -2.34. The molecule has 0 aromatic heterocycles. The molecule has 108 valence electrons.